The zero-order valence-corrected chi connectivity index (χ0v) is 31.2. The van der Waals surface area contributed by atoms with E-state index >= 15 is 0 Å². The third-order valence-electron chi connectivity index (χ3n) is 8.56. The van der Waals surface area contributed by atoms with Crippen LogP contribution in [0.15, 0.2) is 0 Å². The fourth-order valence-electron chi connectivity index (χ4n) is 5.30. The first kappa shape index (κ1) is 48.6. The minimum Gasteiger partial charge on any atom is -0.390 e. The molecule has 3 unspecified atom stereocenters. The minimum absolute atomic E-state index is 0.0574. The van der Waals surface area contributed by atoms with Crippen molar-refractivity contribution in [3.63, 3.8) is 0 Å². The number of carbonyl (C=O) groups excluding carboxylic acids is 2. The molecule has 0 aromatic heterocycles. The van der Waals surface area contributed by atoms with Gasteiger partial charge in [-0.25, -0.2) is 0 Å². The van der Waals surface area contributed by atoms with Gasteiger partial charge in [-0.05, 0) is 32.1 Å². The Hall–Kier alpha value is -0.780. The summed E-state index contributed by atoms with van der Waals surface area (Å²) in [5, 5.41) is 29.4. The molecular weight excluding hydrogens is 560 g/mol. The normalized spacial score (nSPS) is 12.8. The maximum atomic E-state index is 11.6. The second-order valence-electron chi connectivity index (χ2n) is 13.3. The highest BCUT2D eigenvalue weighted by Crippen LogP contribution is 2.15. The van der Waals surface area contributed by atoms with Gasteiger partial charge in [-0.1, -0.05) is 182 Å². The van der Waals surface area contributed by atoms with E-state index in [9.17, 15) is 24.9 Å². The van der Waals surface area contributed by atoms with Gasteiger partial charge in [0.05, 0.1) is 12.2 Å². The Bertz CT molecular complexity index is 535. The fraction of sp³-hybridized carbons (Fsp3) is 0.950. The molecule has 0 aliphatic heterocycles. The second kappa shape index (κ2) is 43.2. The van der Waals surface area contributed by atoms with Gasteiger partial charge in [0.25, 0.3) is 0 Å². The van der Waals surface area contributed by atoms with Gasteiger partial charge < -0.3 is 20.1 Å². The Morgan fingerprint density at radius 2 is 0.756 bits per heavy atom. The second-order valence-corrected chi connectivity index (χ2v) is 13.3. The summed E-state index contributed by atoms with van der Waals surface area (Å²) in [7, 11) is 0. The molecule has 0 saturated carbocycles. The summed E-state index contributed by atoms with van der Waals surface area (Å²) in [4.78, 5) is 21.5. The van der Waals surface area contributed by atoms with Crippen molar-refractivity contribution in [2.24, 2.45) is 0 Å². The number of carbonyl (C=O) groups is 2. The van der Waals surface area contributed by atoms with Crippen molar-refractivity contribution in [2.45, 2.75) is 246 Å². The van der Waals surface area contributed by atoms with Crippen LogP contribution >= 0.6 is 0 Å². The standard InChI is InChI=1S/C16H34O2.C16H32O2.C8H16O/c2*1-3-5-7-9-11-13-15(17)16(18)14-12-10-8-6-4-2;1-2-3-4-5-6-7-8-9/h15-18H,3-14H2,1-2H3;15,17H,3-14H2,1-2H3;8H,2-7H2,1H3. The Morgan fingerprint density at radius 3 is 1.11 bits per heavy atom. The highest BCUT2D eigenvalue weighted by molar-refractivity contribution is 5.82. The largest absolute Gasteiger partial charge is 0.390 e. The molecule has 3 N–H and O–H groups in total. The zero-order valence-electron chi connectivity index (χ0n) is 31.2. The molecule has 0 rings (SSSR count). The molecule has 0 fully saturated rings. The van der Waals surface area contributed by atoms with Gasteiger partial charge in [0.15, 0.2) is 5.78 Å². The first-order valence-electron chi connectivity index (χ1n) is 19.9. The van der Waals surface area contributed by atoms with E-state index in [1.807, 2.05) is 0 Å². The number of hydrogen-bond donors (Lipinski definition) is 3. The lowest BCUT2D eigenvalue weighted by Crippen LogP contribution is -2.25. The molecule has 0 spiro atoms. The first-order chi connectivity index (χ1) is 21.9. The molecule has 0 saturated heterocycles. The fourth-order valence-corrected chi connectivity index (χ4v) is 5.30. The lowest BCUT2D eigenvalue weighted by Gasteiger charge is -2.17. The van der Waals surface area contributed by atoms with Crippen molar-refractivity contribution in [3.05, 3.63) is 0 Å². The van der Waals surface area contributed by atoms with Crippen LogP contribution in [0.5, 0.6) is 0 Å². The number of aliphatic hydroxyl groups is 3. The molecule has 0 amide bonds. The van der Waals surface area contributed by atoms with Gasteiger partial charge in [0, 0.05) is 12.8 Å². The van der Waals surface area contributed by atoms with Crippen LogP contribution < -0.4 is 0 Å². The molecular formula is C40H82O5. The summed E-state index contributed by atoms with van der Waals surface area (Å²) in [5.74, 6) is 0.0574. The van der Waals surface area contributed by atoms with Gasteiger partial charge >= 0.3 is 0 Å². The highest BCUT2D eigenvalue weighted by atomic mass is 16.3. The van der Waals surface area contributed by atoms with E-state index in [1.165, 1.54) is 116 Å². The van der Waals surface area contributed by atoms with Crippen LogP contribution in [-0.4, -0.2) is 45.7 Å². The van der Waals surface area contributed by atoms with E-state index in [2.05, 4.69) is 34.6 Å². The smallest absolute Gasteiger partial charge is 0.161 e. The van der Waals surface area contributed by atoms with E-state index in [0.717, 1.165) is 70.5 Å². The number of rotatable bonds is 32. The van der Waals surface area contributed by atoms with Gasteiger partial charge in [-0.2, -0.15) is 0 Å². The predicted molar refractivity (Wildman–Crippen MR) is 196 cm³/mol. The summed E-state index contributed by atoms with van der Waals surface area (Å²) in [6.45, 7) is 11.0. The molecule has 0 bridgehead atoms. The van der Waals surface area contributed by atoms with Crippen molar-refractivity contribution >= 4 is 12.1 Å². The average molecular weight is 643 g/mol. The van der Waals surface area contributed by atoms with Gasteiger partial charge in [-0.15, -0.1) is 0 Å². The quantitative estimate of drug-likeness (QED) is 0.0501. The summed E-state index contributed by atoms with van der Waals surface area (Å²) >= 11 is 0. The molecule has 3 atom stereocenters. The number of aldehydes is 1. The van der Waals surface area contributed by atoms with Crippen molar-refractivity contribution < 1.29 is 24.9 Å². The van der Waals surface area contributed by atoms with Gasteiger partial charge in [0.1, 0.15) is 12.4 Å². The maximum Gasteiger partial charge on any atom is 0.161 e. The third kappa shape index (κ3) is 43.2. The van der Waals surface area contributed by atoms with Crippen LogP contribution in [0.4, 0.5) is 0 Å². The van der Waals surface area contributed by atoms with Crippen molar-refractivity contribution in [1.82, 2.24) is 0 Å². The molecule has 272 valence electrons. The van der Waals surface area contributed by atoms with E-state index in [-0.39, 0.29) is 5.78 Å². The summed E-state index contributed by atoms with van der Waals surface area (Å²) < 4.78 is 0. The van der Waals surface area contributed by atoms with Crippen LogP contribution in [-0.2, 0) is 9.59 Å². The predicted octanol–water partition coefficient (Wildman–Crippen LogP) is 11.6. The van der Waals surface area contributed by atoms with Crippen LogP contribution in [0.2, 0.25) is 0 Å². The molecule has 0 aromatic carbocycles. The SMILES string of the molecule is CCCCCCCC(=O)C(O)CCCCCCC.CCCCCCCC(O)C(O)CCCCCCC.CCCCCCCC=O. The topological polar surface area (TPSA) is 94.8 Å². The molecule has 0 aromatic rings. The Balaban J connectivity index is -0.000000622. The Kier molecular flexibility index (Phi) is 46.7. The number of ketones is 1. The van der Waals surface area contributed by atoms with Crippen LogP contribution in [0.3, 0.4) is 0 Å². The summed E-state index contributed by atoms with van der Waals surface area (Å²) in [6, 6.07) is 0. The maximum absolute atomic E-state index is 11.6. The minimum atomic E-state index is -0.696. The molecule has 45 heavy (non-hydrogen) atoms. The molecule has 0 aliphatic carbocycles. The number of aliphatic hydroxyl groups excluding tert-OH is 3. The van der Waals surface area contributed by atoms with Crippen molar-refractivity contribution in [1.29, 1.82) is 0 Å². The Labute approximate surface area is 282 Å². The van der Waals surface area contributed by atoms with Gasteiger partial charge in [-0.3, -0.25) is 4.79 Å². The summed E-state index contributed by atoms with van der Waals surface area (Å²) in [6.07, 6.45) is 32.8. The van der Waals surface area contributed by atoms with Crippen LogP contribution in [0.1, 0.15) is 227 Å². The van der Waals surface area contributed by atoms with Crippen molar-refractivity contribution in [3.8, 4) is 0 Å². The highest BCUT2D eigenvalue weighted by Gasteiger charge is 2.15. The molecule has 0 heterocycles. The lowest BCUT2D eigenvalue weighted by molar-refractivity contribution is -0.127. The van der Waals surface area contributed by atoms with Crippen LogP contribution in [0, 0.1) is 0 Å². The zero-order chi connectivity index (χ0) is 34.2. The number of hydrogen-bond acceptors (Lipinski definition) is 5. The van der Waals surface area contributed by atoms with E-state index in [0.29, 0.717) is 12.8 Å². The monoisotopic (exact) mass is 643 g/mol. The average Bonchev–Trinajstić information content (AvgIpc) is 3.04. The van der Waals surface area contributed by atoms with Gasteiger partial charge in [0.2, 0.25) is 0 Å². The molecule has 0 radical (unpaired) electrons. The van der Waals surface area contributed by atoms with E-state index in [1.54, 1.807) is 0 Å². The Morgan fingerprint density at radius 1 is 0.444 bits per heavy atom. The third-order valence-corrected chi connectivity index (χ3v) is 8.56. The molecule has 5 heteroatoms. The lowest BCUT2D eigenvalue weighted by atomic mass is 10.00. The first-order valence-corrected chi connectivity index (χ1v) is 19.9. The molecule has 5 nitrogen and oxygen atoms in total. The number of unbranched alkanes of at least 4 members (excludes halogenated alkanes) is 21. The van der Waals surface area contributed by atoms with Crippen molar-refractivity contribution in [2.75, 3.05) is 0 Å². The number of Topliss-reactive ketones (excluding diaryl/α,β-unsaturated/α-hetero) is 1. The molecule has 0 aliphatic rings. The van der Waals surface area contributed by atoms with E-state index in [4.69, 9.17) is 0 Å². The van der Waals surface area contributed by atoms with Crippen LogP contribution in [0.25, 0.3) is 0 Å². The van der Waals surface area contributed by atoms with E-state index < -0.39 is 18.3 Å². The summed E-state index contributed by atoms with van der Waals surface area (Å²) in [5.41, 5.74) is 0.